The lowest BCUT2D eigenvalue weighted by atomic mass is 10.0. The Morgan fingerprint density at radius 3 is 2.60 bits per heavy atom. The van der Waals surface area contributed by atoms with E-state index in [0.717, 1.165) is 11.3 Å². The van der Waals surface area contributed by atoms with Crippen molar-refractivity contribution >= 4 is 0 Å². The van der Waals surface area contributed by atoms with Gasteiger partial charge in [0.15, 0.2) is 0 Å². The Morgan fingerprint density at radius 2 is 1.95 bits per heavy atom. The molecule has 0 aliphatic carbocycles. The number of nitrogens with zero attached hydrogens (tertiary/aromatic N) is 1. The van der Waals surface area contributed by atoms with Crippen molar-refractivity contribution in [1.29, 1.82) is 0 Å². The van der Waals surface area contributed by atoms with Gasteiger partial charge in [-0.25, -0.2) is 4.39 Å². The molecule has 0 unspecified atom stereocenters. The third-order valence-electron chi connectivity index (χ3n) is 3.19. The summed E-state index contributed by atoms with van der Waals surface area (Å²) in [5.41, 5.74) is 1.70. The second-order valence-corrected chi connectivity index (χ2v) is 4.91. The summed E-state index contributed by atoms with van der Waals surface area (Å²) in [7, 11) is 0. The highest BCUT2D eigenvalue weighted by molar-refractivity contribution is 5.18. The molecule has 1 aromatic carbocycles. The van der Waals surface area contributed by atoms with Gasteiger partial charge in [-0.2, -0.15) is 0 Å². The van der Waals surface area contributed by atoms with Gasteiger partial charge in [0.2, 0.25) is 0 Å². The summed E-state index contributed by atoms with van der Waals surface area (Å²) in [4.78, 5) is 4.23. The van der Waals surface area contributed by atoms with Gasteiger partial charge in [-0.1, -0.05) is 18.2 Å². The highest BCUT2D eigenvalue weighted by atomic mass is 19.1. The Kier molecular flexibility index (Phi) is 5.21. The summed E-state index contributed by atoms with van der Waals surface area (Å²) in [5, 5.41) is 13.4. The number of halogens is 1. The largest absolute Gasteiger partial charge is 0.388 e. The van der Waals surface area contributed by atoms with E-state index >= 15 is 0 Å². The number of aliphatic hydroxyl groups excluding tert-OH is 1. The van der Waals surface area contributed by atoms with Crippen molar-refractivity contribution in [2.24, 2.45) is 0 Å². The lowest BCUT2D eigenvalue weighted by Crippen LogP contribution is -2.27. The van der Waals surface area contributed by atoms with Gasteiger partial charge in [0.25, 0.3) is 0 Å². The van der Waals surface area contributed by atoms with Gasteiger partial charge in [0, 0.05) is 18.8 Å². The quantitative estimate of drug-likeness (QED) is 0.851. The maximum absolute atomic E-state index is 12.8. The van der Waals surface area contributed by atoms with Gasteiger partial charge >= 0.3 is 0 Å². The molecule has 2 aromatic rings. The number of aromatic nitrogens is 1. The molecular formula is C16H19FN2O. The zero-order chi connectivity index (χ0) is 14.4. The molecule has 4 heteroatoms. The van der Waals surface area contributed by atoms with E-state index in [1.165, 1.54) is 12.1 Å². The first-order valence-electron chi connectivity index (χ1n) is 6.72. The van der Waals surface area contributed by atoms with Crippen LogP contribution in [0.2, 0.25) is 0 Å². The smallest absolute Gasteiger partial charge is 0.123 e. The third kappa shape index (κ3) is 4.40. The first-order valence-corrected chi connectivity index (χ1v) is 6.72. The highest BCUT2D eigenvalue weighted by Gasteiger charge is 2.12. The number of nitrogens with one attached hydrogen (secondary N) is 1. The van der Waals surface area contributed by atoms with Crippen LogP contribution in [-0.2, 0) is 6.54 Å². The van der Waals surface area contributed by atoms with E-state index < -0.39 is 6.10 Å². The van der Waals surface area contributed by atoms with Crippen LogP contribution in [0.15, 0.2) is 48.7 Å². The van der Waals surface area contributed by atoms with E-state index in [0.29, 0.717) is 13.0 Å². The van der Waals surface area contributed by atoms with E-state index in [1.54, 1.807) is 18.3 Å². The van der Waals surface area contributed by atoms with Gasteiger partial charge in [-0.05, 0) is 43.2 Å². The number of hydrogen-bond donors (Lipinski definition) is 2. The predicted octanol–water partition coefficient (Wildman–Crippen LogP) is 2.82. The SMILES string of the molecule is C[C@@H](C[C@H](O)c1ccc(F)cc1)NCc1ccccn1. The molecule has 0 radical (unpaired) electrons. The molecule has 0 bridgehead atoms. The summed E-state index contributed by atoms with van der Waals surface area (Å²) < 4.78 is 12.8. The molecule has 20 heavy (non-hydrogen) atoms. The van der Waals surface area contributed by atoms with E-state index in [-0.39, 0.29) is 11.9 Å². The molecule has 1 heterocycles. The lowest BCUT2D eigenvalue weighted by Gasteiger charge is -2.18. The van der Waals surface area contributed by atoms with Crippen LogP contribution < -0.4 is 5.32 Å². The average Bonchev–Trinajstić information content (AvgIpc) is 2.47. The first-order chi connectivity index (χ1) is 9.65. The summed E-state index contributed by atoms with van der Waals surface area (Å²) in [6.45, 7) is 2.67. The monoisotopic (exact) mass is 274 g/mol. The van der Waals surface area contributed by atoms with E-state index in [2.05, 4.69) is 10.3 Å². The number of benzene rings is 1. The summed E-state index contributed by atoms with van der Waals surface area (Å²) in [6.07, 6.45) is 1.73. The number of hydrogen-bond acceptors (Lipinski definition) is 3. The molecule has 0 aliphatic heterocycles. The van der Waals surface area contributed by atoms with Crippen molar-refractivity contribution in [3.63, 3.8) is 0 Å². The van der Waals surface area contributed by atoms with Crippen molar-refractivity contribution in [3.8, 4) is 0 Å². The molecule has 0 spiro atoms. The Morgan fingerprint density at radius 1 is 1.20 bits per heavy atom. The molecular weight excluding hydrogens is 255 g/mol. The summed E-state index contributed by atoms with van der Waals surface area (Å²) in [5.74, 6) is -0.290. The Balaban J connectivity index is 1.82. The van der Waals surface area contributed by atoms with Gasteiger partial charge in [-0.3, -0.25) is 4.98 Å². The average molecular weight is 274 g/mol. The van der Waals surface area contributed by atoms with Crippen molar-refractivity contribution in [2.45, 2.75) is 32.0 Å². The maximum Gasteiger partial charge on any atom is 0.123 e. The summed E-state index contributed by atoms with van der Waals surface area (Å²) >= 11 is 0. The molecule has 0 aliphatic rings. The lowest BCUT2D eigenvalue weighted by molar-refractivity contribution is 0.153. The zero-order valence-electron chi connectivity index (χ0n) is 11.5. The molecule has 3 nitrogen and oxygen atoms in total. The molecule has 2 atom stereocenters. The highest BCUT2D eigenvalue weighted by Crippen LogP contribution is 2.18. The van der Waals surface area contributed by atoms with Crippen molar-refractivity contribution in [3.05, 3.63) is 65.7 Å². The second-order valence-electron chi connectivity index (χ2n) is 4.91. The van der Waals surface area contributed by atoms with Crippen LogP contribution in [0.1, 0.15) is 30.7 Å². The molecule has 2 N–H and O–H groups in total. The van der Waals surface area contributed by atoms with E-state index in [1.807, 2.05) is 25.1 Å². The Bertz CT molecular complexity index is 516. The standard InChI is InChI=1S/C16H19FN2O/c1-12(19-11-15-4-2-3-9-18-15)10-16(20)13-5-7-14(17)8-6-13/h2-9,12,16,19-20H,10-11H2,1H3/t12-,16-/m0/s1. The van der Waals surface area contributed by atoms with Crippen LogP contribution in [0.25, 0.3) is 0 Å². The third-order valence-corrected chi connectivity index (χ3v) is 3.19. The zero-order valence-corrected chi connectivity index (χ0v) is 11.5. The molecule has 1 aromatic heterocycles. The topological polar surface area (TPSA) is 45.1 Å². The fourth-order valence-electron chi connectivity index (χ4n) is 2.02. The fourth-order valence-corrected chi connectivity index (χ4v) is 2.02. The van der Waals surface area contributed by atoms with Gasteiger partial charge in [0.1, 0.15) is 5.82 Å². The number of aliphatic hydroxyl groups is 1. The van der Waals surface area contributed by atoms with Crippen molar-refractivity contribution < 1.29 is 9.50 Å². The molecule has 0 amide bonds. The first kappa shape index (κ1) is 14.6. The van der Waals surface area contributed by atoms with E-state index in [4.69, 9.17) is 0 Å². The molecule has 0 fully saturated rings. The number of pyridine rings is 1. The normalized spacial score (nSPS) is 13.9. The molecule has 2 rings (SSSR count). The van der Waals surface area contributed by atoms with E-state index in [9.17, 15) is 9.50 Å². The maximum atomic E-state index is 12.8. The molecule has 0 saturated heterocycles. The number of rotatable bonds is 6. The summed E-state index contributed by atoms with van der Waals surface area (Å²) in [6, 6.07) is 11.9. The minimum Gasteiger partial charge on any atom is -0.388 e. The Labute approximate surface area is 118 Å². The van der Waals surface area contributed by atoms with Crippen molar-refractivity contribution in [2.75, 3.05) is 0 Å². The van der Waals surface area contributed by atoms with Crippen LogP contribution in [-0.4, -0.2) is 16.1 Å². The molecule has 106 valence electrons. The van der Waals surface area contributed by atoms with Crippen LogP contribution in [0, 0.1) is 5.82 Å². The van der Waals surface area contributed by atoms with Crippen LogP contribution >= 0.6 is 0 Å². The minimum absolute atomic E-state index is 0.136. The van der Waals surface area contributed by atoms with Crippen LogP contribution in [0.5, 0.6) is 0 Å². The van der Waals surface area contributed by atoms with Crippen LogP contribution in [0.3, 0.4) is 0 Å². The van der Waals surface area contributed by atoms with Crippen molar-refractivity contribution in [1.82, 2.24) is 10.3 Å². The van der Waals surface area contributed by atoms with Gasteiger partial charge in [-0.15, -0.1) is 0 Å². The minimum atomic E-state index is -0.596. The Hall–Kier alpha value is -1.78. The predicted molar refractivity (Wildman–Crippen MR) is 76.5 cm³/mol. The fraction of sp³-hybridized carbons (Fsp3) is 0.312. The second kappa shape index (κ2) is 7.12. The van der Waals surface area contributed by atoms with Gasteiger partial charge in [0.05, 0.1) is 11.8 Å². The van der Waals surface area contributed by atoms with Gasteiger partial charge < -0.3 is 10.4 Å². The molecule has 0 saturated carbocycles. The van der Waals surface area contributed by atoms with Crippen LogP contribution in [0.4, 0.5) is 4.39 Å².